The number of hydrogen-bond donors (Lipinski definition) is 0. The van der Waals surface area contributed by atoms with Crippen LogP contribution in [-0.4, -0.2) is 36.6 Å². The van der Waals surface area contributed by atoms with Crippen LogP contribution in [0.25, 0.3) is 0 Å². The maximum atomic E-state index is 12.9. The first kappa shape index (κ1) is 17.1. The smallest absolute Gasteiger partial charge is 0.304 e. The molecule has 5 nitrogen and oxygen atoms in total. The molecule has 26 heavy (non-hydrogen) atoms. The summed E-state index contributed by atoms with van der Waals surface area (Å²) in [7, 11) is 0. The Balaban J connectivity index is 1.86. The molecule has 6 heteroatoms. The van der Waals surface area contributed by atoms with E-state index in [1.54, 1.807) is 6.07 Å². The van der Waals surface area contributed by atoms with Crippen LogP contribution in [0.3, 0.4) is 0 Å². The molecule has 0 aliphatic carbocycles. The molecule has 0 spiro atoms. The van der Waals surface area contributed by atoms with Crippen molar-refractivity contribution in [2.45, 2.75) is 19.4 Å². The summed E-state index contributed by atoms with van der Waals surface area (Å²) in [5.74, 6) is -0.502. The van der Waals surface area contributed by atoms with E-state index in [9.17, 15) is 9.59 Å². The van der Waals surface area contributed by atoms with E-state index in [1.165, 1.54) is 23.0 Å². The van der Waals surface area contributed by atoms with E-state index in [4.69, 9.17) is 16.3 Å². The van der Waals surface area contributed by atoms with Gasteiger partial charge in [-0.1, -0.05) is 35.9 Å². The lowest BCUT2D eigenvalue weighted by molar-refractivity contribution is -0.141. The van der Waals surface area contributed by atoms with Gasteiger partial charge in [0.05, 0.1) is 18.3 Å². The number of carbonyl (C=O) groups excluding carboxylic acids is 2. The molecular formula is C20H19ClN2O3. The van der Waals surface area contributed by atoms with Crippen molar-refractivity contribution in [3.8, 4) is 0 Å². The van der Waals surface area contributed by atoms with Crippen molar-refractivity contribution in [3.05, 3.63) is 64.2 Å². The van der Waals surface area contributed by atoms with Gasteiger partial charge in [0, 0.05) is 18.5 Å². The Bertz CT molecular complexity index is 883. The summed E-state index contributed by atoms with van der Waals surface area (Å²) in [6.45, 7) is 2.31. The molecule has 0 fully saturated rings. The lowest BCUT2D eigenvalue weighted by Gasteiger charge is -2.36. The number of benzene rings is 2. The largest absolute Gasteiger partial charge is 0.444 e. The molecule has 1 atom stereocenters. The van der Waals surface area contributed by atoms with Crippen LogP contribution in [0, 0.1) is 0 Å². The number of fused-ring (bicyclic) bond motifs is 5. The zero-order valence-corrected chi connectivity index (χ0v) is 15.2. The van der Waals surface area contributed by atoms with Crippen LogP contribution in [0.1, 0.15) is 29.7 Å². The van der Waals surface area contributed by atoms with Gasteiger partial charge in [0.1, 0.15) is 0 Å². The van der Waals surface area contributed by atoms with E-state index >= 15 is 0 Å². The molecule has 0 saturated heterocycles. The molecule has 0 aromatic heterocycles. The topological polar surface area (TPSA) is 49.9 Å². The summed E-state index contributed by atoms with van der Waals surface area (Å²) in [5.41, 5.74) is 4.19. The predicted octanol–water partition coefficient (Wildman–Crippen LogP) is 3.15. The molecule has 1 amide bonds. The van der Waals surface area contributed by atoms with Crippen LogP contribution < -0.4 is 4.90 Å². The number of nitrogens with zero attached hydrogens (tertiary/aromatic N) is 2. The van der Waals surface area contributed by atoms with Crippen molar-refractivity contribution in [1.29, 1.82) is 0 Å². The van der Waals surface area contributed by atoms with Gasteiger partial charge in [0.25, 0.3) is 0 Å². The molecule has 2 aliphatic rings. The van der Waals surface area contributed by atoms with Gasteiger partial charge < -0.3 is 4.74 Å². The lowest BCUT2D eigenvalue weighted by atomic mass is 9.88. The summed E-state index contributed by atoms with van der Waals surface area (Å²) < 4.78 is 5.13. The number of carbonyl (C=O) groups is 2. The number of anilines is 1. The highest BCUT2D eigenvalue weighted by Crippen LogP contribution is 2.42. The fourth-order valence-electron chi connectivity index (χ4n) is 3.83. The third-order valence-electron chi connectivity index (χ3n) is 4.99. The quantitative estimate of drug-likeness (QED) is 0.762. The second kappa shape index (κ2) is 6.74. The Hall–Kier alpha value is -2.37. The number of esters is 1. The van der Waals surface area contributed by atoms with Gasteiger partial charge in [-0.3, -0.25) is 19.4 Å². The maximum absolute atomic E-state index is 12.9. The number of amides is 1. The highest BCUT2D eigenvalue weighted by Gasteiger charge is 2.37. The van der Waals surface area contributed by atoms with E-state index in [-0.39, 0.29) is 25.2 Å². The van der Waals surface area contributed by atoms with Gasteiger partial charge in [-0.2, -0.15) is 0 Å². The summed E-state index contributed by atoms with van der Waals surface area (Å²) in [6.07, 6.45) is 0.903. The minimum atomic E-state index is -0.416. The Morgan fingerprint density at radius 2 is 2.04 bits per heavy atom. The van der Waals surface area contributed by atoms with Crippen molar-refractivity contribution in [3.63, 3.8) is 0 Å². The molecule has 4 rings (SSSR count). The van der Waals surface area contributed by atoms with E-state index in [0.29, 0.717) is 5.02 Å². The second-order valence-corrected chi connectivity index (χ2v) is 7.05. The lowest BCUT2D eigenvalue weighted by Crippen LogP contribution is -2.42. The van der Waals surface area contributed by atoms with Crippen LogP contribution in [0.4, 0.5) is 5.69 Å². The minimum absolute atomic E-state index is 0.0417. The average Bonchev–Trinajstić information content (AvgIpc) is 2.73. The Morgan fingerprint density at radius 3 is 2.85 bits per heavy atom. The molecule has 0 N–H and O–H groups in total. The molecule has 2 heterocycles. The van der Waals surface area contributed by atoms with Crippen molar-refractivity contribution in [2.75, 3.05) is 24.7 Å². The van der Waals surface area contributed by atoms with Crippen LogP contribution in [0.2, 0.25) is 5.02 Å². The summed E-state index contributed by atoms with van der Waals surface area (Å²) in [6, 6.07) is 13.8. The first-order valence-electron chi connectivity index (χ1n) is 8.59. The van der Waals surface area contributed by atoms with Gasteiger partial charge >= 0.3 is 5.97 Å². The summed E-state index contributed by atoms with van der Waals surface area (Å²) in [4.78, 5) is 27.9. The highest BCUT2D eigenvalue weighted by molar-refractivity contribution is 6.30. The number of halogens is 1. The average molecular weight is 371 g/mol. The Kier molecular flexibility index (Phi) is 4.42. The molecule has 134 valence electrons. The fourth-order valence-corrected chi connectivity index (χ4v) is 4.01. The zero-order valence-electron chi connectivity index (χ0n) is 14.4. The second-order valence-electron chi connectivity index (χ2n) is 6.61. The first-order valence-corrected chi connectivity index (χ1v) is 8.97. The number of hydrogen-bond acceptors (Lipinski definition) is 4. The third-order valence-corrected chi connectivity index (χ3v) is 5.23. The summed E-state index contributed by atoms with van der Waals surface area (Å²) in [5, 5.41) is 0.619. The van der Waals surface area contributed by atoms with Gasteiger partial charge in [0.15, 0.2) is 6.73 Å². The molecular weight excluding hydrogens is 352 g/mol. The van der Waals surface area contributed by atoms with Crippen molar-refractivity contribution < 1.29 is 14.3 Å². The SMILES string of the molecule is CC(=O)OCN1C(=O)CN2CCc3ccccc3C2c2cc(Cl)ccc21. The van der Waals surface area contributed by atoms with Crippen molar-refractivity contribution in [1.82, 2.24) is 4.90 Å². The molecule has 2 aromatic rings. The number of ether oxygens (including phenoxy) is 1. The molecule has 0 radical (unpaired) electrons. The van der Waals surface area contributed by atoms with E-state index in [1.807, 2.05) is 24.3 Å². The van der Waals surface area contributed by atoms with Gasteiger partial charge in [-0.25, -0.2) is 0 Å². The first-order chi connectivity index (χ1) is 12.5. The third kappa shape index (κ3) is 2.97. The van der Waals surface area contributed by atoms with Crippen LogP contribution in [0.5, 0.6) is 0 Å². The van der Waals surface area contributed by atoms with E-state index < -0.39 is 5.97 Å². The predicted molar refractivity (Wildman–Crippen MR) is 99.1 cm³/mol. The van der Waals surface area contributed by atoms with Crippen LogP contribution >= 0.6 is 11.6 Å². The maximum Gasteiger partial charge on any atom is 0.304 e. The molecule has 1 unspecified atom stereocenters. The van der Waals surface area contributed by atoms with Crippen molar-refractivity contribution in [2.24, 2.45) is 0 Å². The molecule has 0 bridgehead atoms. The molecule has 0 saturated carbocycles. The molecule has 2 aromatic carbocycles. The highest BCUT2D eigenvalue weighted by atomic mass is 35.5. The fraction of sp³-hybridized carbons (Fsp3) is 0.300. The van der Waals surface area contributed by atoms with Gasteiger partial charge in [-0.15, -0.1) is 0 Å². The summed E-state index contributed by atoms with van der Waals surface area (Å²) >= 11 is 6.29. The van der Waals surface area contributed by atoms with Gasteiger partial charge in [0.2, 0.25) is 5.91 Å². The number of rotatable bonds is 2. The Labute approximate surface area is 157 Å². The van der Waals surface area contributed by atoms with E-state index in [0.717, 1.165) is 24.2 Å². The normalized spacial score (nSPS) is 19.2. The minimum Gasteiger partial charge on any atom is -0.444 e. The van der Waals surface area contributed by atoms with E-state index in [2.05, 4.69) is 17.0 Å². The Morgan fingerprint density at radius 1 is 1.23 bits per heavy atom. The van der Waals surface area contributed by atoms with Crippen LogP contribution in [-0.2, 0) is 20.7 Å². The van der Waals surface area contributed by atoms with Crippen LogP contribution in [0.15, 0.2) is 42.5 Å². The monoisotopic (exact) mass is 370 g/mol. The standard InChI is InChI=1S/C20H19ClN2O3/c1-13(24)26-12-23-18-7-6-15(21)10-17(18)20-16-5-3-2-4-14(16)8-9-22(20)11-19(23)25/h2-7,10,20H,8-9,11-12H2,1H3. The van der Waals surface area contributed by atoms with Gasteiger partial charge in [-0.05, 0) is 41.3 Å². The molecule has 2 aliphatic heterocycles. The van der Waals surface area contributed by atoms with Crippen molar-refractivity contribution >= 4 is 29.2 Å². The zero-order chi connectivity index (χ0) is 18.3.